The molecule has 0 saturated heterocycles. The molecule has 0 radical (unpaired) electrons. The number of Topliss-reactive ketones (excluding diaryl/α,β-unsaturated/α-hetero) is 1. The van der Waals surface area contributed by atoms with E-state index in [1.807, 2.05) is 56.3 Å². The summed E-state index contributed by atoms with van der Waals surface area (Å²) in [6.45, 7) is 5.45. The van der Waals surface area contributed by atoms with E-state index >= 15 is 0 Å². The van der Waals surface area contributed by atoms with Gasteiger partial charge in [0.2, 0.25) is 5.91 Å². The molecule has 3 N–H and O–H groups in total. The van der Waals surface area contributed by atoms with E-state index < -0.39 is 0 Å². The van der Waals surface area contributed by atoms with Crippen LogP contribution >= 0.6 is 35.6 Å². The number of thiocarbonyl (C=S) groups is 1. The van der Waals surface area contributed by atoms with Crippen LogP contribution in [-0.2, 0) is 4.79 Å². The van der Waals surface area contributed by atoms with E-state index in [-0.39, 0.29) is 16.9 Å². The molecule has 0 fully saturated rings. The van der Waals surface area contributed by atoms with Crippen LogP contribution in [0.2, 0.25) is 5.02 Å². The summed E-state index contributed by atoms with van der Waals surface area (Å²) in [5.74, 6) is -0.0502. The summed E-state index contributed by atoms with van der Waals surface area (Å²) in [7, 11) is 0. The van der Waals surface area contributed by atoms with Crippen molar-refractivity contribution in [1.82, 2.24) is 0 Å². The molecule has 8 heteroatoms. The second-order valence-corrected chi connectivity index (χ2v) is 9.82. The Morgan fingerprint density at radius 1 is 0.971 bits per heavy atom. The summed E-state index contributed by atoms with van der Waals surface area (Å²) >= 11 is 13.0. The van der Waals surface area contributed by atoms with Gasteiger partial charge < -0.3 is 16.0 Å². The third-order valence-corrected chi connectivity index (χ3v) is 6.84. The van der Waals surface area contributed by atoms with Gasteiger partial charge in [-0.25, -0.2) is 0 Å². The SMILES string of the molecule is CCC(Sc1cccc(NC(=S)Nc2ccc(C(C)=O)cc2)c1)C(=O)Nc1cc(Cl)ccc1C. The molecule has 5 nitrogen and oxygen atoms in total. The third kappa shape index (κ3) is 7.32. The molecule has 1 amide bonds. The fourth-order valence-electron chi connectivity index (χ4n) is 3.16. The molecule has 1 unspecified atom stereocenters. The predicted octanol–water partition coefficient (Wildman–Crippen LogP) is 7.17. The zero-order valence-corrected chi connectivity index (χ0v) is 21.5. The smallest absolute Gasteiger partial charge is 0.237 e. The maximum atomic E-state index is 12.9. The molecular formula is C26H26ClN3O2S2. The van der Waals surface area contributed by atoms with Crippen LogP contribution in [0.5, 0.6) is 0 Å². The molecule has 0 aromatic heterocycles. The van der Waals surface area contributed by atoms with Gasteiger partial charge in [-0.2, -0.15) is 0 Å². The van der Waals surface area contributed by atoms with Crippen LogP contribution in [0.3, 0.4) is 0 Å². The lowest BCUT2D eigenvalue weighted by Crippen LogP contribution is -2.25. The Labute approximate surface area is 214 Å². The van der Waals surface area contributed by atoms with Crippen LogP contribution in [0.1, 0.15) is 36.2 Å². The highest BCUT2D eigenvalue weighted by Crippen LogP contribution is 2.29. The lowest BCUT2D eigenvalue weighted by atomic mass is 10.1. The number of anilines is 3. The van der Waals surface area contributed by atoms with Gasteiger partial charge in [-0.3, -0.25) is 9.59 Å². The Balaban J connectivity index is 1.62. The van der Waals surface area contributed by atoms with E-state index in [1.165, 1.54) is 18.7 Å². The number of amides is 1. The third-order valence-electron chi connectivity index (χ3n) is 5.04. The summed E-state index contributed by atoms with van der Waals surface area (Å²) in [4.78, 5) is 25.3. The number of thioether (sulfide) groups is 1. The van der Waals surface area contributed by atoms with Crippen molar-refractivity contribution < 1.29 is 9.59 Å². The number of carbonyl (C=O) groups excluding carboxylic acids is 2. The molecule has 0 saturated carbocycles. The predicted molar refractivity (Wildman–Crippen MR) is 147 cm³/mol. The minimum atomic E-state index is -0.265. The van der Waals surface area contributed by atoms with E-state index in [1.54, 1.807) is 24.3 Å². The average Bonchev–Trinajstić information content (AvgIpc) is 2.80. The van der Waals surface area contributed by atoms with Crippen molar-refractivity contribution in [3.63, 3.8) is 0 Å². The van der Waals surface area contributed by atoms with Gasteiger partial charge in [0.25, 0.3) is 0 Å². The summed E-state index contributed by atoms with van der Waals surface area (Å²) in [6, 6.07) is 20.3. The average molecular weight is 512 g/mol. The molecule has 34 heavy (non-hydrogen) atoms. The lowest BCUT2D eigenvalue weighted by Gasteiger charge is -2.17. The van der Waals surface area contributed by atoms with Gasteiger partial charge in [0.15, 0.2) is 10.9 Å². The second kappa shape index (κ2) is 12.0. The summed E-state index contributed by atoms with van der Waals surface area (Å²) in [6.07, 6.45) is 0.671. The fourth-order valence-corrected chi connectivity index (χ4v) is 4.58. The van der Waals surface area contributed by atoms with Crippen molar-refractivity contribution in [3.05, 3.63) is 82.9 Å². The Bertz CT molecular complexity index is 1200. The molecule has 0 aliphatic heterocycles. The highest BCUT2D eigenvalue weighted by atomic mass is 35.5. The number of hydrogen-bond donors (Lipinski definition) is 3. The number of halogens is 1. The van der Waals surface area contributed by atoms with Crippen LogP contribution < -0.4 is 16.0 Å². The van der Waals surface area contributed by atoms with Crippen molar-refractivity contribution in [1.29, 1.82) is 0 Å². The number of hydrogen-bond acceptors (Lipinski definition) is 4. The molecule has 1 atom stereocenters. The number of benzene rings is 3. The first kappa shape index (κ1) is 25.7. The largest absolute Gasteiger partial charge is 0.332 e. The Morgan fingerprint density at radius 2 is 1.68 bits per heavy atom. The minimum absolute atomic E-state index is 0.0170. The standard InChI is InChI=1S/C26H26ClN3O2S2/c1-4-24(25(32)30-23-14-19(27)11-8-16(23)2)34-22-7-5-6-21(15-22)29-26(33)28-20-12-9-18(10-13-20)17(3)31/h5-15,24H,4H2,1-3H3,(H,30,32)(H2,28,29,33). The van der Waals surface area contributed by atoms with Crippen molar-refractivity contribution in [2.45, 2.75) is 37.3 Å². The highest BCUT2D eigenvalue weighted by molar-refractivity contribution is 8.00. The van der Waals surface area contributed by atoms with Gasteiger partial charge in [-0.1, -0.05) is 30.7 Å². The van der Waals surface area contributed by atoms with Crippen LogP contribution in [0, 0.1) is 6.92 Å². The second-order valence-electron chi connectivity index (χ2n) is 7.70. The molecular weight excluding hydrogens is 486 g/mol. The van der Waals surface area contributed by atoms with Crippen LogP contribution in [0.15, 0.2) is 71.6 Å². The number of rotatable bonds is 8. The van der Waals surface area contributed by atoms with Gasteiger partial charge in [-0.15, -0.1) is 11.8 Å². The van der Waals surface area contributed by atoms with Crippen molar-refractivity contribution in [2.24, 2.45) is 0 Å². The molecule has 3 rings (SSSR count). The monoisotopic (exact) mass is 511 g/mol. The lowest BCUT2D eigenvalue weighted by molar-refractivity contribution is -0.115. The molecule has 0 bridgehead atoms. The summed E-state index contributed by atoms with van der Waals surface area (Å²) < 4.78 is 0. The van der Waals surface area contributed by atoms with E-state index in [4.69, 9.17) is 23.8 Å². The zero-order valence-electron chi connectivity index (χ0n) is 19.1. The molecule has 176 valence electrons. The van der Waals surface area contributed by atoms with E-state index in [0.29, 0.717) is 22.1 Å². The molecule has 3 aromatic rings. The van der Waals surface area contributed by atoms with Gasteiger partial charge in [0.05, 0.1) is 5.25 Å². The van der Waals surface area contributed by atoms with Gasteiger partial charge in [0.1, 0.15) is 0 Å². The Hall–Kier alpha value is -2.87. The molecule has 0 heterocycles. The first-order valence-corrected chi connectivity index (χ1v) is 12.4. The molecule has 0 aliphatic carbocycles. The van der Waals surface area contributed by atoms with Crippen molar-refractivity contribution in [2.75, 3.05) is 16.0 Å². The van der Waals surface area contributed by atoms with Crippen molar-refractivity contribution >= 4 is 69.4 Å². The van der Waals surface area contributed by atoms with Gasteiger partial charge >= 0.3 is 0 Å². The zero-order chi connectivity index (χ0) is 24.7. The maximum absolute atomic E-state index is 12.9. The van der Waals surface area contributed by atoms with E-state index in [9.17, 15) is 9.59 Å². The number of nitrogens with one attached hydrogen (secondary N) is 3. The first-order valence-electron chi connectivity index (χ1n) is 10.8. The van der Waals surface area contributed by atoms with E-state index in [0.717, 1.165) is 27.5 Å². The highest BCUT2D eigenvalue weighted by Gasteiger charge is 2.19. The summed E-state index contributed by atoms with van der Waals surface area (Å²) in [5, 5.41) is 10.0. The van der Waals surface area contributed by atoms with E-state index in [2.05, 4.69) is 16.0 Å². The topological polar surface area (TPSA) is 70.2 Å². The molecule has 0 spiro atoms. The number of aryl methyl sites for hydroxylation is 1. The van der Waals surface area contributed by atoms with Crippen LogP contribution in [0.4, 0.5) is 17.1 Å². The number of ketones is 1. The van der Waals surface area contributed by atoms with Crippen LogP contribution in [0.25, 0.3) is 0 Å². The van der Waals surface area contributed by atoms with Gasteiger partial charge in [0, 0.05) is 32.5 Å². The maximum Gasteiger partial charge on any atom is 0.237 e. The summed E-state index contributed by atoms with van der Waals surface area (Å²) in [5.41, 5.74) is 3.92. The quantitative estimate of drug-likeness (QED) is 0.169. The normalized spacial score (nSPS) is 11.4. The molecule has 3 aromatic carbocycles. The number of carbonyl (C=O) groups is 2. The Morgan fingerprint density at radius 3 is 2.35 bits per heavy atom. The molecule has 0 aliphatic rings. The Kier molecular flexibility index (Phi) is 9.10. The first-order chi connectivity index (χ1) is 16.2. The minimum Gasteiger partial charge on any atom is -0.332 e. The van der Waals surface area contributed by atoms with Gasteiger partial charge in [-0.05, 0) is 92.6 Å². The fraction of sp³-hybridized carbons (Fsp3) is 0.192. The van der Waals surface area contributed by atoms with Crippen molar-refractivity contribution in [3.8, 4) is 0 Å². The van der Waals surface area contributed by atoms with Crippen LogP contribution in [-0.4, -0.2) is 22.1 Å².